The van der Waals surface area contributed by atoms with Crippen LogP contribution in [0.5, 0.6) is 0 Å². The molecular weight excluding hydrogens is 224 g/mol. The van der Waals surface area contributed by atoms with E-state index in [1.807, 2.05) is 0 Å². The molecule has 0 aliphatic carbocycles. The van der Waals surface area contributed by atoms with Crippen molar-refractivity contribution in [3.63, 3.8) is 0 Å². The second-order valence-corrected chi connectivity index (χ2v) is 5.36. The van der Waals surface area contributed by atoms with Crippen LogP contribution in [0, 0.1) is 0 Å². The molecule has 2 N–H and O–H groups in total. The Morgan fingerprint density at radius 1 is 1.28 bits per heavy atom. The Morgan fingerprint density at radius 2 is 2.00 bits per heavy atom. The molecule has 1 aromatic carbocycles. The lowest BCUT2D eigenvalue weighted by Crippen LogP contribution is -2.30. The lowest BCUT2D eigenvalue weighted by atomic mass is 9.95. The Bertz CT molecular complexity index is 353. The summed E-state index contributed by atoms with van der Waals surface area (Å²) in [5.41, 5.74) is 7.61. The van der Waals surface area contributed by atoms with Crippen molar-refractivity contribution >= 4 is 0 Å². The van der Waals surface area contributed by atoms with Crippen molar-refractivity contribution in [2.45, 2.75) is 31.9 Å². The van der Waals surface area contributed by atoms with Gasteiger partial charge >= 0.3 is 0 Å². The molecule has 0 saturated carbocycles. The van der Waals surface area contributed by atoms with Gasteiger partial charge in [-0.25, -0.2) is 0 Å². The van der Waals surface area contributed by atoms with Gasteiger partial charge in [-0.3, -0.25) is 4.90 Å². The summed E-state index contributed by atoms with van der Waals surface area (Å²) in [6, 6.07) is 10.8. The van der Waals surface area contributed by atoms with E-state index in [0.717, 1.165) is 26.2 Å². The van der Waals surface area contributed by atoms with Crippen molar-refractivity contribution in [1.29, 1.82) is 0 Å². The van der Waals surface area contributed by atoms with Crippen LogP contribution >= 0.6 is 0 Å². The average molecular weight is 248 g/mol. The molecule has 1 aliphatic rings. The smallest absolute Gasteiger partial charge is 0.0596 e. The SMILES string of the molecule is CC(C)OCCN1C[C@@H](N)[C@H](c2ccccc2)C1. The second-order valence-electron chi connectivity index (χ2n) is 5.36. The van der Waals surface area contributed by atoms with Crippen LogP contribution in [0.25, 0.3) is 0 Å². The van der Waals surface area contributed by atoms with Crippen LogP contribution < -0.4 is 5.73 Å². The first-order valence-corrected chi connectivity index (χ1v) is 6.81. The van der Waals surface area contributed by atoms with Crippen LogP contribution in [0.1, 0.15) is 25.3 Å². The molecule has 3 heteroatoms. The molecule has 0 unspecified atom stereocenters. The van der Waals surface area contributed by atoms with Crippen LogP contribution in [0.15, 0.2) is 30.3 Å². The molecule has 2 rings (SSSR count). The summed E-state index contributed by atoms with van der Waals surface area (Å²) < 4.78 is 5.60. The van der Waals surface area contributed by atoms with E-state index >= 15 is 0 Å². The third-order valence-electron chi connectivity index (χ3n) is 3.53. The Morgan fingerprint density at radius 3 is 2.67 bits per heavy atom. The molecule has 1 fully saturated rings. The number of benzene rings is 1. The highest BCUT2D eigenvalue weighted by Gasteiger charge is 2.30. The zero-order valence-electron chi connectivity index (χ0n) is 11.4. The van der Waals surface area contributed by atoms with E-state index in [9.17, 15) is 0 Å². The Labute approximate surface area is 110 Å². The summed E-state index contributed by atoms with van der Waals surface area (Å²) in [6.07, 6.45) is 0.311. The summed E-state index contributed by atoms with van der Waals surface area (Å²) in [6.45, 7) is 7.94. The molecular formula is C15H24N2O. The Balaban J connectivity index is 1.85. The van der Waals surface area contributed by atoms with Gasteiger partial charge in [0.15, 0.2) is 0 Å². The number of nitrogens with two attached hydrogens (primary N) is 1. The van der Waals surface area contributed by atoms with Crippen LogP contribution in [0.3, 0.4) is 0 Å². The van der Waals surface area contributed by atoms with Crippen LogP contribution in [-0.2, 0) is 4.74 Å². The fourth-order valence-electron chi connectivity index (χ4n) is 2.57. The highest BCUT2D eigenvalue weighted by atomic mass is 16.5. The highest BCUT2D eigenvalue weighted by molar-refractivity contribution is 5.23. The van der Waals surface area contributed by atoms with Crippen LogP contribution in [0.2, 0.25) is 0 Å². The molecule has 1 aliphatic heterocycles. The standard InChI is InChI=1S/C15H24N2O/c1-12(2)18-9-8-17-10-14(15(16)11-17)13-6-4-3-5-7-13/h3-7,12,14-15H,8-11,16H2,1-2H3/t14-,15+/m0/s1. The van der Waals surface area contributed by atoms with Gasteiger partial charge in [0.1, 0.15) is 0 Å². The van der Waals surface area contributed by atoms with Crippen LogP contribution in [-0.4, -0.2) is 43.3 Å². The third-order valence-corrected chi connectivity index (χ3v) is 3.53. The number of ether oxygens (including phenoxy) is 1. The van der Waals surface area contributed by atoms with E-state index in [2.05, 4.69) is 49.1 Å². The minimum Gasteiger partial charge on any atom is -0.377 e. The Hall–Kier alpha value is -0.900. The average Bonchev–Trinajstić information content (AvgIpc) is 2.71. The van der Waals surface area contributed by atoms with Gasteiger partial charge in [-0.2, -0.15) is 0 Å². The third kappa shape index (κ3) is 3.55. The lowest BCUT2D eigenvalue weighted by molar-refractivity contribution is 0.0631. The first kappa shape index (κ1) is 13.5. The van der Waals surface area contributed by atoms with Gasteiger partial charge in [-0.1, -0.05) is 30.3 Å². The largest absolute Gasteiger partial charge is 0.377 e. The van der Waals surface area contributed by atoms with E-state index in [-0.39, 0.29) is 6.04 Å². The molecule has 100 valence electrons. The molecule has 3 nitrogen and oxygen atoms in total. The van der Waals surface area contributed by atoms with E-state index in [4.69, 9.17) is 10.5 Å². The topological polar surface area (TPSA) is 38.5 Å². The van der Waals surface area contributed by atoms with Gasteiger partial charge in [0.2, 0.25) is 0 Å². The number of rotatable bonds is 5. The quantitative estimate of drug-likeness (QED) is 0.864. The molecule has 0 spiro atoms. The monoisotopic (exact) mass is 248 g/mol. The summed E-state index contributed by atoms with van der Waals surface area (Å²) in [5.74, 6) is 0.463. The van der Waals surface area contributed by atoms with Crippen molar-refractivity contribution in [3.8, 4) is 0 Å². The fourth-order valence-corrected chi connectivity index (χ4v) is 2.57. The zero-order chi connectivity index (χ0) is 13.0. The van der Waals surface area contributed by atoms with Gasteiger partial charge in [0.05, 0.1) is 12.7 Å². The van der Waals surface area contributed by atoms with Crippen LogP contribution in [0.4, 0.5) is 0 Å². The molecule has 1 heterocycles. The zero-order valence-corrected chi connectivity index (χ0v) is 11.4. The molecule has 0 radical (unpaired) electrons. The fraction of sp³-hybridized carbons (Fsp3) is 0.600. The van der Waals surface area contributed by atoms with E-state index in [1.54, 1.807) is 0 Å². The molecule has 0 amide bonds. The predicted octanol–water partition coefficient (Wildman–Crippen LogP) is 1.84. The first-order chi connectivity index (χ1) is 8.66. The van der Waals surface area contributed by atoms with E-state index < -0.39 is 0 Å². The van der Waals surface area contributed by atoms with Crippen molar-refractivity contribution < 1.29 is 4.74 Å². The lowest BCUT2D eigenvalue weighted by Gasteiger charge is -2.17. The maximum Gasteiger partial charge on any atom is 0.0596 e. The number of hydrogen-bond acceptors (Lipinski definition) is 3. The molecule has 18 heavy (non-hydrogen) atoms. The van der Waals surface area contributed by atoms with Gasteiger partial charge in [-0.15, -0.1) is 0 Å². The minimum absolute atomic E-state index is 0.242. The normalized spacial score (nSPS) is 24.9. The van der Waals surface area contributed by atoms with Gasteiger partial charge in [-0.05, 0) is 19.4 Å². The predicted molar refractivity (Wildman–Crippen MR) is 74.7 cm³/mol. The van der Waals surface area contributed by atoms with Crippen molar-refractivity contribution in [3.05, 3.63) is 35.9 Å². The maximum absolute atomic E-state index is 6.25. The summed E-state index contributed by atoms with van der Waals surface area (Å²) in [4.78, 5) is 2.41. The molecule has 0 aromatic heterocycles. The summed E-state index contributed by atoms with van der Waals surface area (Å²) in [7, 11) is 0. The van der Waals surface area contributed by atoms with E-state index in [0.29, 0.717) is 12.0 Å². The maximum atomic E-state index is 6.25. The number of likely N-dealkylation sites (tertiary alicyclic amines) is 1. The van der Waals surface area contributed by atoms with Gasteiger partial charge < -0.3 is 10.5 Å². The first-order valence-electron chi connectivity index (χ1n) is 6.81. The van der Waals surface area contributed by atoms with E-state index in [1.165, 1.54) is 5.56 Å². The Kier molecular flexibility index (Phi) is 4.75. The van der Waals surface area contributed by atoms with Crippen molar-refractivity contribution in [1.82, 2.24) is 4.90 Å². The number of hydrogen-bond donors (Lipinski definition) is 1. The highest BCUT2D eigenvalue weighted by Crippen LogP contribution is 2.25. The van der Waals surface area contributed by atoms with Gasteiger partial charge in [0.25, 0.3) is 0 Å². The minimum atomic E-state index is 0.242. The molecule has 1 aromatic rings. The molecule has 0 bridgehead atoms. The number of nitrogens with zero attached hydrogens (tertiary/aromatic N) is 1. The summed E-state index contributed by atoms with van der Waals surface area (Å²) >= 11 is 0. The second kappa shape index (κ2) is 6.32. The van der Waals surface area contributed by atoms with Crippen molar-refractivity contribution in [2.75, 3.05) is 26.2 Å². The summed E-state index contributed by atoms with van der Waals surface area (Å²) in [5, 5.41) is 0. The molecule has 2 atom stereocenters. The van der Waals surface area contributed by atoms with Gasteiger partial charge in [0, 0.05) is 31.6 Å². The van der Waals surface area contributed by atoms with Crippen molar-refractivity contribution in [2.24, 2.45) is 5.73 Å². The molecule has 1 saturated heterocycles.